The van der Waals surface area contributed by atoms with Gasteiger partial charge in [-0.2, -0.15) is 0 Å². The summed E-state index contributed by atoms with van der Waals surface area (Å²) in [5.41, 5.74) is 2.20. The number of aryl methyl sites for hydroxylation is 1. The molecule has 2 atom stereocenters. The summed E-state index contributed by atoms with van der Waals surface area (Å²) in [4.78, 5) is 4.38. The van der Waals surface area contributed by atoms with Gasteiger partial charge < -0.3 is 10.1 Å². The first-order chi connectivity index (χ1) is 7.70. The largest absolute Gasteiger partial charge is 0.495 e. The summed E-state index contributed by atoms with van der Waals surface area (Å²) >= 11 is 0. The summed E-state index contributed by atoms with van der Waals surface area (Å²) < 4.78 is 5.31. The maximum absolute atomic E-state index is 5.31. The average Bonchev–Trinajstić information content (AvgIpc) is 2.31. The number of piperidine rings is 1. The van der Waals surface area contributed by atoms with Crippen LogP contribution in [-0.2, 0) is 0 Å². The van der Waals surface area contributed by atoms with Crippen molar-refractivity contribution in [1.29, 1.82) is 0 Å². The van der Waals surface area contributed by atoms with E-state index in [0.717, 1.165) is 23.9 Å². The zero-order valence-corrected chi connectivity index (χ0v) is 10.3. The summed E-state index contributed by atoms with van der Waals surface area (Å²) in [6.45, 7) is 5.36. The first kappa shape index (κ1) is 11.4. The Balaban J connectivity index is 2.14. The van der Waals surface area contributed by atoms with Crippen molar-refractivity contribution in [2.45, 2.75) is 32.7 Å². The van der Waals surface area contributed by atoms with E-state index in [0.29, 0.717) is 6.04 Å². The van der Waals surface area contributed by atoms with Gasteiger partial charge in [0.1, 0.15) is 5.75 Å². The first-order valence-electron chi connectivity index (χ1n) is 5.94. The summed E-state index contributed by atoms with van der Waals surface area (Å²) in [6, 6.07) is 2.55. The molecule has 0 bridgehead atoms. The van der Waals surface area contributed by atoms with Crippen LogP contribution in [0.25, 0.3) is 0 Å². The van der Waals surface area contributed by atoms with Crippen molar-refractivity contribution in [3.8, 4) is 5.75 Å². The lowest BCUT2D eigenvalue weighted by Crippen LogP contribution is -2.31. The van der Waals surface area contributed by atoms with Crippen LogP contribution >= 0.6 is 0 Å². The maximum atomic E-state index is 5.31. The second-order valence-electron chi connectivity index (χ2n) is 4.70. The molecule has 2 rings (SSSR count). The van der Waals surface area contributed by atoms with Crippen LogP contribution in [0.15, 0.2) is 12.3 Å². The van der Waals surface area contributed by atoms with Crippen LogP contribution in [0.4, 0.5) is 0 Å². The Hall–Kier alpha value is -1.09. The predicted octanol–water partition coefficient (Wildman–Crippen LogP) is 2.46. The highest BCUT2D eigenvalue weighted by molar-refractivity contribution is 5.32. The van der Waals surface area contributed by atoms with Gasteiger partial charge in [-0.3, -0.25) is 4.98 Å². The molecule has 3 heteroatoms. The van der Waals surface area contributed by atoms with Crippen LogP contribution in [-0.4, -0.2) is 18.6 Å². The molecular formula is C13H20N2O. The van der Waals surface area contributed by atoms with Crippen LogP contribution in [0.2, 0.25) is 0 Å². The number of hydrogen-bond acceptors (Lipinski definition) is 3. The van der Waals surface area contributed by atoms with Gasteiger partial charge in [-0.05, 0) is 43.9 Å². The summed E-state index contributed by atoms with van der Waals surface area (Å²) in [5, 5.41) is 3.56. The monoisotopic (exact) mass is 220 g/mol. The van der Waals surface area contributed by atoms with Crippen molar-refractivity contribution in [2.24, 2.45) is 5.92 Å². The van der Waals surface area contributed by atoms with Crippen molar-refractivity contribution in [3.05, 3.63) is 23.5 Å². The standard InChI is InChI=1S/C13H20N2O/c1-9-4-5-12(15-7-9)11-6-13(16-3)10(2)14-8-11/h6,8-9,12,15H,4-5,7H2,1-3H3. The molecule has 0 aliphatic carbocycles. The molecule has 0 amide bonds. The van der Waals surface area contributed by atoms with Gasteiger partial charge >= 0.3 is 0 Å². The number of nitrogens with zero attached hydrogens (tertiary/aromatic N) is 1. The Labute approximate surface area is 97.2 Å². The van der Waals surface area contributed by atoms with E-state index < -0.39 is 0 Å². The van der Waals surface area contributed by atoms with E-state index in [1.807, 2.05) is 13.1 Å². The Bertz CT molecular complexity index is 357. The zero-order chi connectivity index (χ0) is 11.5. The molecule has 1 saturated heterocycles. The van der Waals surface area contributed by atoms with Gasteiger partial charge in [0.2, 0.25) is 0 Å². The zero-order valence-electron chi connectivity index (χ0n) is 10.3. The topological polar surface area (TPSA) is 34.1 Å². The average molecular weight is 220 g/mol. The molecule has 1 aromatic heterocycles. The first-order valence-corrected chi connectivity index (χ1v) is 5.94. The van der Waals surface area contributed by atoms with Crippen molar-refractivity contribution >= 4 is 0 Å². The fourth-order valence-corrected chi connectivity index (χ4v) is 2.21. The van der Waals surface area contributed by atoms with Crippen LogP contribution in [0.3, 0.4) is 0 Å². The lowest BCUT2D eigenvalue weighted by Gasteiger charge is -2.28. The minimum Gasteiger partial charge on any atom is -0.495 e. The van der Waals surface area contributed by atoms with Gasteiger partial charge in [0.15, 0.2) is 0 Å². The van der Waals surface area contributed by atoms with E-state index in [4.69, 9.17) is 4.74 Å². The molecule has 1 aliphatic heterocycles. The third-order valence-electron chi connectivity index (χ3n) is 3.34. The number of aromatic nitrogens is 1. The molecule has 1 aliphatic rings. The molecule has 0 aromatic carbocycles. The molecule has 0 saturated carbocycles. The highest BCUT2D eigenvalue weighted by Crippen LogP contribution is 2.28. The van der Waals surface area contributed by atoms with E-state index in [9.17, 15) is 0 Å². The van der Waals surface area contributed by atoms with Gasteiger partial charge in [-0.1, -0.05) is 6.92 Å². The molecule has 88 valence electrons. The fraction of sp³-hybridized carbons (Fsp3) is 0.615. The van der Waals surface area contributed by atoms with E-state index >= 15 is 0 Å². The van der Waals surface area contributed by atoms with E-state index in [2.05, 4.69) is 23.3 Å². The molecule has 1 aromatic rings. The van der Waals surface area contributed by atoms with Crippen LogP contribution < -0.4 is 10.1 Å². The third kappa shape index (κ3) is 2.35. The molecule has 1 N–H and O–H groups in total. The highest BCUT2D eigenvalue weighted by atomic mass is 16.5. The molecule has 2 heterocycles. The lowest BCUT2D eigenvalue weighted by atomic mass is 9.93. The Morgan fingerprint density at radius 2 is 2.25 bits per heavy atom. The number of ether oxygens (including phenoxy) is 1. The van der Waals surface area contributed by atoms with Gasteiger partial charge in [0.25, 0.3) is 0 Å². The minimum atomic E-state index is 0.443. The number of nitrogens with one attached hydrogen (secondary N) is 1. The fourth-order valence-electron chi connectivity index (χ4n) is 2.21. The summed E-state index contributed by atoms with van der Waals surface area (Å²) in [7, 11) is 1.70. The normalized spacial score (nSPS) is 25.4. The van der Waals surface area contributed by atoms with Crippen molar-refractivity contribution in [3.63, 3.8) is 0 Å². The smallest absolute Gasteiger partial charge is 0.140 e. The Morgan fingerprint density at radius 1 is 1.44 bits per heavy atom. The van der Waals surface area contributed by atoms with Crippen LogP contribution in [0.1, 0.15) is 37.1 Å². The number of rotatable bonds is 2. The van der Waals surface area contributed by atoms with Crippen LogP contribution in [0.5, 0.6) is 5.75 Å². The molecule has 2 unspecified atom stereocenters. The van der Waals surface area contributed by atoms with Gasteiger partial charge in [-0.15, -0.1) is 0 Å². The van der Waals surface area contributed by atoms with Crippen molar-refractivity contribution in [1.82, 2.24) is 10.3 Å². The van der Waals surface area contributed by atoms with Crippen molar-refractivity contribution < 1.29 is 4.74 Å². The number of methoxy groups -OCH3 is 1. The Kier molecular flexibility index (Phi) is 3.44. The maximum Gasteiger partial charge on any atom is 0.140 e. The van der Waals surface area contributed by atoms with Crippen molar-refractivity contribution in [2.75, 3.05) is 13.7 Å². The second kappa shape index (κ2) is 4.83. The predicted molar refractivity (Wildman–Crippen MR) is 64.7 cm³/mol. The third-order valence-corrected chi connectivity index (χ3v) is 3.34. The summed E-state index contributed by atoms with van der Waals surface area (Å²) in [5.74, 6) is 1.68. The molecule has 16 heavy (non-hydrogen) atoms. The molecule has 0 radical (unpaired) electrons. The highest BCUT2D eigenvalue weighted by Gasteiger charge is 2.19. The molecular weight excluding hydrogens is 200 g/mol. The molecule has 3 nitrogen and oxygen atoms in total. The number of hydrogen-bond donors (Lipinski definition) is 1. The SMILES string of the molecule is COc1cc(C2CCC(C)CN2)cnc1C. The van der Waals surface area contributed by atoms with Gasteiger partial charge in [0.05, 0.1) is 12.8 Å². The van der Waals surface area contributed by atoms with E-state index in [1.54, 1.807) is 7.11 Å². The summed E-state index contributed by atoms with van der Waals surface area (Å²) in [6.07, 6.45) is 4.44. The number of pyridine rings is 1. The lowest BCUT2D eigenvalue weighted by molar-refractivity contribution is 0.331. The molecule has 0 spiro atoms. The van der Waals surface area contributed by atoms with E-state index in [1.165, 1.54) is 18.4 Å². The van der Waals surface area contributed by atoms with Crippen LogP contribution in [0, 0.1) is 12.8 Å². The van der Waals surface area contributed by atoms with E-state index in [-0.39, 0.29) is 0 Å². The minimum absolute atomic E-state index is 0.443. The quantitative estimate of drug-likeness (QED) is 0.831. The van der Waals surface area contributed by atoms with Gasteiger partial charge in [-0.25, -0.2) is 0 Å². The molecule has 1 fully saturated rings. The Morgan fingerprint density at radius 3 is 2.88 bits per heavy atom. The second-order valence-corrected chi connectivity index (χ2v) is 4.70. The van der Waals surface area contributed by atoms with Gasteiger partial charge in [0, 0.05) is 12.2 Å².